The van der Waals surface area contributed by atoms with Gasteiger partial charge in [0.15, 0.2) is 5.78 Å². The van der Waals surface area contributed by atoms with E-state index in [1.165, 1.54) is 24.9 Å². The summed E-state index contributed by atoms with van der Waals surface area (Å²) in [6.07, 6.45) is 3.69. The monoisotopic (exact) mass is 422 g/mol. The first-order valence-electron chi connectivity index (χ1n) is 11.6. The van der Waals surface area contributed by atoms with Crippen molar-refractivity contribution in [3.05, 3.63) is 65.7 Å². The van der Waals surface area contributed by atoms with Crippen LogP contribution in [-0.2, 0) is 4.74 Å². The minimum Gasteiger partial charge on any atom is -0.494 e. The molecule has 0 aliphatic carbocycles. The predicted molar refractivity (Wildman–Crippen MR) is 123 cm³/mol. The van der Waals surface area contributed by atoms with Crippen molar-refractivity contribution >= 4 is 5.78 Å². The third kappa shape index (κ3) is 6.16. The van der Waals surface area contributed by atoms with Crippen LogP contribution in [0.15, 0.2) is 54.6 Å². The first-order chi connectivity index (χ1) is 15.2. The van der Waals surface area contributed by atoms with Gasteiger partial charge in [-0.15, -0.1) is 0 Å². The van der Waals surface area contributed by atoms with Crippen LogP contribution in [0.5, 0.6) is 5.75 Å². The predicted octanol–water partition coefficient (Wildman–Crippen LogP) is 4.20. The lowest BCUT2D eigenvalue weighted by atomic mass is 10.1. The molecule has 0 N–H and O–H groups in total. The highest BCUT2D eigenvalue weighted by Gasteiger charge is 2.24. The first kappa shape index (κ1) is 22.0. The third-order valence-electron chi connectivity index (χ3n) is 6.41. The standard InChI is InChI=1S/C26H34N2O3/c1-21-7-5-14-28(21)15-6-17-30-24-12-10-22(11-13-24)25(29)19-27-16-18-31-26(20-27)23-8-3-2-4-9-23/h2-4,8-13,21,26H,5-7,14-20H2,1H3. The number of hydrogen-bond donors (Lipinski definition) is 0. The van der Waals surface area contributed by atoms with E-state index in [0.717, 1.165) is 37.4 Å². The Morgan fingerprint density at radius 3 is 2.65 bits per heavy atom. The van der Waals surface area contributed by atoms with Crippen LogP contribution in [0.1, 0.15) is 48.2 Å². The number of ketones is 1. The third-order valence-corrected chi connectivity index (χ3v) is 6.41. The van der Waals surface area contributed by atoms with E-state index >= 15 is 0 Å². The second kappa shape index (κ2) is 10.9. The average Bonchev–Trinajstić information content (AvgIpc) is 3.22. The summed E-state index contributed by atoms with van der Waals surface area (Å²) in [6.45, 7) is 7.93. The molecule has 2 heterocycles. The van der Waals surface area contributed by atoms with Crippen molar-refractivity contribution in [1.82, 2.24) is 9.80 Å². The van der Waals surface area contributed by atoms with Crippen LogP contribution in [0.25, 0.3) is 0 Å². The van der Waals surface area contributed by atoms with Crippen LogP contribution in [0.2, 0.25) is 0 Å². The molecule has 2 aromatic rings. The van der Waals surface area contributed by atoms with Gasteiger partial charge < -0.3 is 14.4 Å². The van der Waals surface area contributed by atoms with Crippen LogP contribution in [0.4, 0.5) is 0 Å². The number of hydrogen-bond acceptors (Lipinski definition) is 5. The number of nitrogens with zero attached hydrogens (tertiary/aromatic N) is 2. The maximum absolute atomic E-state index is 12.8. The number of likely N-dealkylation sites (tertiary alicyclic amines) is 1. The molecule has 0 bridgehead atoms. The highest BCUT2D eigenvalue weighted by atomic mass is 16.5. The Morgan fingerprint density at radius 1 is 1.10 bits per heavy atom. The summed E-state index contributed by atoms with van der Waals surface area (Å²) in [6, 6.07) is 18.5. The fraction of sp³-hybridized carbons (Fsp3) is 0.500. The Labute approximate surface area is 185 Å². The molecule has 2 atom stereocenters. The molecule has 2 aliphatic heterocycles. The Kier molecular flexibility index (Phi) is 7.73. The summed E-state index contributed by atoms with van der Waals surface area (Å²) in [7, 11) is 0. The van der Waals surface area contributed by atoms with E-state index in [1.54, 1.807) is 0 Å². The average molecular weight is 423 g/mol. The molecule has 2 aliphatic rings. The molecule has 5 nitrogen and oxygen atoms in total. The van der Waals surface area contributed by atoms with Crippen molar-refractivity contribution < 1.29 is 14.3 Å². The number of carbonyl (C=O) groups is 1. The molecule has 0 saturated carbocycles. The Hall–Kier alpha value is -2.21. The van der Waals surface area contributed by atoms with Gasteiger partial charge in [0.25, 0.3) is 0 Å². The normalized spacial score (nSPS) is 22.5. The molecule has 166 valence electrons. The first-order valence-corrected chi connectivity index (χ1v) is 11.6. The molecule has 2 saturated heterocycles. The second-order valence-electron chi connectivity index (χ2n) is 8.68. The summed E-state index contributed by atoms with van der Waals surface area (Å²) >= 11 is 0. The van der Waals surface area contributed by atoms with Crippen LogP contribution in [-0.4, -0.2) is 67.6 Å². The zero-order valence-electron chi connectivity index (χ0n) is 18.5. The number of Topliss-reactive ketones (excluding diaryl/α,β-unsaturated/α-hetero) is 1. The molecule has 0 radical (unpaired) electrons. The van der Waals surface area contributed by atoms with E-state index in [-0.39, 0.29) is 11.9 Å². The topological polar surface area (TPSA) is 42.0 Å². The van der Waals surface area contributed by atoms with Crippen molar-refractivity contribution in [1.29, 1.82) is 0 Å². The molecular formula is C26H34N2O3. The second-order valence-corrected chi connectivity index (χ2v) is 8.68. The summed E-state index contributed by atoms with van der Waals surface area (Å²) in [4.78, 5) is 17.5. The number of benzene rings is 2. The van der Waals surface area contributed by atoms with E-state index in [4.69, 9.17) is 9.47 Å². The van der Waals surface area contributed by atoms with Gasteiger partial charge in [-0.1, -0.05) is 30.3 Å². The molecule has 0 spiro atoms. The molecule has 0 aromatic heterocycles. The van der Waals surface area contributed by atoms with Crippen LogP contribution in [0.3, 0.4) is 0 Å². The van der Waals surface area contributed by atoms with Gasteiger partial charge in [-0.3, -0.25) is 9.69 Å². The maximum atomic E-state index is 12.8. The fourth-order valence-corrected chi connectivity index (χ4v) is 4.53. The van der Waals surface area contributed by atoms with E-state index in [0.29, 0.717) is 25.8 Å². The molecule has 2 fully saturated rings. The molecule has 5 heteroatoms. The number of carbonyl (C=O) groups excluding carboxylic acids is 1. The summed E-state index contributed by atoms with van der Waals surface area (Å²) < 4.78 is 11.8. The van der Waals surface area contributed by atoms with Gasteiger partial charge in [0.05, 0.1) is 25.9 Å². The fourth-order valence-electron chi connectivity index (χ4n) is 4.53. The van der Waals surface area contributed by atoms with Crippen LogP contribution in [0, 0.1) is 0 Å². The van der Waals surface area contributed by atoms with Gasteiger partial charge in [0.2, 0.25) is 0 Å². The van der Waals surface area contributed by atoms with Gasteiger partial charge >= 0.3 is 0 Å². The molecular weight excluding hydrogens is 388 g/mol. The van der Waals surface area contributed by atoms with Crippen LogP contribution >= 0.6 is 0 Å². The zero-order chi connectivity index (χ0) is 21.5. The zero-order valence-corrected chi connectivity index (χ0v) is 18.5. The lowest BCUT2D eigenvalue weighted by Gasteiger charge is -2.32. The molecule has 0 amide bonds. The van der Waals surface area contributed by atoms with Gasteiger partial charge in [0.1, 0.15) is 5.75 Å². The molecule has 31 heavy (non-hydrogen) atoms. The largest absolute Gasteiger partial charge is 0.494 e. The summed E-state index contributed by atoms with van der Waals surface area (Å²) in [5, 5.41) is 0. The van der Waals surface area contributed by atoms with Crippen molar-refractivity contribution in [2.24, 2.45) is 0 Å². The van der Waals surface area contributed by atoms with Crippen molar-refractivity contribution in [2.75, 3.05) is 45.9 Å². The van der Waals surface area contributed by atoms with E-state index in [9.17, 15) is 4.79 Å². The SMILES string of the molecule is CC1CCCN1CCCOc1ccc(C(=O)CN2CCOC(c3ccccc3)C2)cc1. The van der Waals surface area contributed by atoms with E-state index in [1.807, 2.05) is 42.5 Å². The van der Waals surface area contributed by atoms with Gasteiger partial charge in [-0.2, -0.15) is 0 Å². The molecule has 2 unspecified atom stereocenters. The quantitative estimate of drug-likeness (QED) is 0.448. The number of rotatable bonds is 9. The molecule has 4 rings (SSSR count). The van der Waals surface area contributed by atoms with Crippen LogP contribution < -0.4 is 4.74 Å². The number of morpholine rings is 1. The lowest BCUT2D eigenvalue weighted by Crippen LogP contribution is -2.41. The minimum atomic E-state index is 0.0297. The van der Waals surface area contributed by atoms with Crippen molar-refractivity contribution in [3.8, 4) is 5.75 Å². The Morgan fingerprint density at radius 2 is 1.90 bits per heavy atom. The van der Waals surface area contributed by atoms with Crippen molar-refractivity contribution in [2.45, 2.75) is 38.3 Å². The minimum absolute atomic E-state index is 0.0297. The van der Waals surface area contributed by atoms with Gasteiger partial charge in [-0.05, 0) is 62.6 Å². The van der Waals surface area contributed by atoms with E-state index in [2.05, 4.69) is 28.9 Å². The Bertz CT molecular complexity index is 824. The number of ether oxygens (including phenoxy) is 2. The van der Waals surface area contributed by atoms with Gasteiger partial charge in [0, 0.05) is 31.2 Å². The van der Waals surface area contributed by atoms with Crippen molar-refractivity contribution in [3.63, 3.8) is 0 Å². The molecule has 2 aromatic carbocycles. The maximum Gasteiger partial charge on any atom is 0.176 e. The Balaban J connectivity index is 1.21. The highest BCUT2D eigenvalue weighted by Crippen LogP contribution is 2.22. The summed E-state index contributed by atoms with van der Waals surface area (Å²) in [5.74, 6) is 0.977. The van der Waals surface area contributed by atoms with E-state index < -0.39 is 0 Å². The highest BCUT2D eigenvalue weighted by molar-refractivity contribution is 5.97. The lowest BCUT2D eigenvalue weighted by molar-refractivity contribution is -0.0275. The van der Waals surface area contributed by atoms with Gasteiger partial charge in [-0.25, -0.2) is 0 Å². The smallest absolute Gasteiger partial charge is 0.176 e. The summed E-state index contributed by atoms with van der Waals surface area (Å²) in [5.41, 5.74) is 1.90.